The van der Waals surface area contributed by atoms with E-state index in [1.807, 2.05) is 11.9 Å². The molecule has 37 heavy (non-hydrogen) atoms. The molecule has 0 atom stereocenters. The molecule has 220 valence electrons. The summed E-state index contributed by atoms with van der Waals surface area (Å²) in [7, 11) is 3.52. The summed E-state index contributed by atoms with van der Waals surface area (Å²) in [6.07, 6.45) is 24.5. The molecule has 0 amide bonds. The van der Waals surface area contributed by atoms with Gasteiger partial charge in [0.2, 0.25) is 0 Å². The molecule has 0 bridgehead atoms. The molecule has 0 spiro atoms. The summed E-state index contributed by atoms with van der Waals surface area (Å²) in [6, 6.07) is 0. The molecule has 0 saturated heterocycles. The largest absolute Gasteiger partial charge is 0.480 e. The van der Waals surface area contributed by atoms with E-state index in [4.69, 9.17) is 5.11 Å². The molecule has 0 aromatic carbocycles. The van der Waals surface area contributed by atoms with Gasteiger partial charge in [0.1, 0.15) is 0 Å². The van der Waals surface area contributed by atoms with Crippen molar-refractivity contribution in [1.82, 2.24) is 10.2 Å². The predicted molar refractivity (Wildman–Crippen MR) is 154 cm³/mol. The Morgan fingerprint density at radius 3 is 1.46 bits per heavy atom. The summed E-state index contributed by atoms with van der Waals surface area (Å²) in [5.74, 6) is -1.63. The number of esters is 2. The second-order valence-electron chi connectivity index (χ2n) is 10.3. The van der Waals surface area contributed by atoms with Crippen LogP contribution in [0.4, 0.5) is 0 Å². The van der Waals surface area contributed by atoms with Gasteiger partial charge in [0.15, 0.2) is 0 Å². The van der Waals surface area contributed by atoms with Crippen LogP contribution in [0.1, 0.15) is 142 Å². The molecule has 0 aromatic heterocycles. The van der Waals surface area contributed by atoms with E-state index in [-0.39, 0.29) is 13.1 Å². The third-order valence-corrected chi connectivity index (χ3v) is 6.33. The van der Waals surface area contributed by atoms with Gasteiger partial charge in [-0.3, -0.25) is 19.3 Å². The van der Waals surface area contributed by atoms with Crippen LogP contribution in [0.2, 0.25) is 0 Å². The van der Waals surface area contributed by atoms with Gasteiger partial charge in [0.25, 0.3) is 0 Å². The molecule has 0 aliphatic carbocycles. The van der Waals surface area contributed by atoms with E-state index >= 15 is 0 Å². The molecule has 0 radical (unpaired) electrons. The van der Waals surface area contributed by atoms with Gasteiger partial charge in [0, 0.05) is 6.42 Å². The quantitative estimate of drug-likeness (QED) is 0.0739. The van der Waals surface area contributed by atoms with E-state index in [2.05, 4.69) is 23.9 Å². The summed E-state index contributed by atoms with van der Waals surface area (Å²) >= 11 is 0. The van der Waals surface area contributed by atoms with Gasteiger partial charge in [-0.15, -0.1) is 0 Å². The van der Waals surface area contributed by atoms with E-state index in [0.29, 0.717) is 6.42 Å². The molecule has 0 rings (SSSR count). The number of unbranched alkanes of at least 4 members (excludes halogenated alkanes) is 17. The highest BCUT2D eigenvalue weighted by Crippen LogP contribution is 2.11. The Bertz CT molecular complexity index is 528. The lowest BCUT2D eigenvalue weighted by Crippen LogP contribution is -2.26. The Kier molecular flexibility index (Phi) is 31.3. The number of carboxylic acid groups (broad SMARTS) is 1. The summed E-state index contributed by atoms with van der Waals surface area (Å²) in [6.45, 7) is 5.63. The normalized spacial score (nSPS) is 10.7. The van der Waals surface area contributed by atoms with Crippen LogP contribution < -0.4 is 5.32 Å². The minimum atomic E-state index is -0.732. The van der Waals surface area contributed by atoms with E-state index in [0.717, 1.165) is 25.8 Å². The van der Waals surface area contributed by atoms with Crippen LogP contribution in [0.15, 0.2) is 0 Å². The van der Waals surface area contributed by atoms with Crippen molar-refractivity contribution in [2.24, 2.45) is 0 Å². The molecular weight excluding hydrogens is 468 g/mol. The van der Waals surface area contributed by atoms with Gasteiger partial charge in [-0.2, -0.15) is 0 Å². The van der Waals surface area contributed by atoms with Crippen molar-refractivity contribution in [2.75, 3.05) is 33.7 Å². The zero-order valence-corrected chi connectivity index (χ0v) is 24.8. The van der Waals surface area contributed by atoms with E-state index in [9.17, 15) is 14.4 Å². The molecule has 0 heterocycles. The zero-order chi connectivity index (χ0) is 28.0. The molecule has 0 aliphatic rings. The highest BCUT2D eigenvalue weighted by atomic mass is 16.6. The van der Waals surface area contributed by atoms with Crippen LogP contribution >= 0.6 is 0 Å². The van der Waals surface area contributed by atoms with Crippen LogP contribution in [0.5, 0.6) is 0 Å². The van der Waals surface area contributed by atoms with Crippen LogP contribution in [-0.4, -0.2) is 61.6 Å². The molecule has 0 aliphatic heterocycles. The Balaban J connectivity index is 0. The van der Waals surface area contributed by atoms with Gasteiger partial charge in [-0.1, -0.05) is 123 Å². The lowest BCUT2D eigenvalue weighted by atomic mass is 10.1. The van der Waals surface area contributed by atoms with E-state index < -0.39 is 17.9 Å². The summed E-state index contributed by atoms with van der Waals surface area (Å²) in [5.41, 5.74) is 0. The zero-order valence-electron chi connectivity index (χ0n) is 24.8. The minimum Gasteiger partial charge on any atom is -0.480 e. The first-order chi connectivity index (χ1) is 17.9. The Labute approximate surface area is 228 Å². The van der Waals surface area contributed by atoms with E-state index in [1.54, 1.807) is 7.05 Å². The number of likely N-dealkylation sites (N-methyl/N-ethyl adjacent to an activating group) is 2. The topological polar surface area (TPSA) is 95.9 Å². The monoisotopic (exact) mass is 528 g/mol. The molecule has 0 unspecified atom stereocenters. The Morgan fingerprint density at radius 2 is 1.05 bits per heavy atom. The second kappa shape index (κ2) is 30.8. The predicted octanol–water partition coefficient (Wildman–Crippen LogP) is 7.12. The van der Waals surface area contributed by atoms with Crippen molar-refractivity contribution in [2.45, 2.75) is 142 Å². The Morgan fingerprint density at radius 1 is 0.649 bits per heavy atom. The summed E-state index contributed by atoms with van der Waals surface area (Å²) in [4.78, 5) is 34.6. The van der Waals surface area contributed by atoms with E-state index in [1.165, 1.54) is 103 Å². The molecule has 0 aromatic rings. The maximum absolute atomic E-state index is 11.3. The highest BCUT2D eigenvalue weighted by molar-refractivity contribution is 5.86. The Hall–Kier alpha value is -1.47. The molecule has 2 N–H and O–H groups in total. The fraction of sp³-hybridized carbons (Fsp3) is 0.900. The lowest BCUT2D eigenvalue weighted by Gasteiger charge is -2.13. The van der Waals surface area contributed by atoms with Crippen molar-refractivity contribution < 1.29 is 24.2 Å². The van der Waals surface area contributed by atoms with Crippen LogP contribution in [-0.2, 0) is 19.1 Å². The number of carboxylic acids is 1. The van der Waals surface area contributed by atoms with Gasteiger partial charge in [-0.05, 0) is 33.5 Å². The first-order valence-corrected chi connectivity index (χ1v) is 15.2. The third-order valence-electron chi connectivity index (χ3n) is 6.33. The van der Waals surface area contributed by atoms with Gasteiger partial charge >= 0.3 is 17.9 Å². The number of hydrogen-bond donors (Lipinski definition) is 2. The average Bonchev–Trinajstić information content (AvgIpc) is 2.84. The number of carbonyl (C=O) groups is 3. The van der Waals surface area contributed by atoms with Crippen LogP contribution in [0, 0.1) is 0 Å². The number of carbonyl (C=O) groups excluding carboxylic acids is 2. The minimum absolute atomic E-state index is 0.0868. The number of ether oxygens (including phenoxy) is 1. The first kappa shape index (κ1) is 37.7. The number of aliphatic carboxylic acids is 1. The maximum Gasteiger partial charge on any atom is 0.327 e. The molecule has 7 nitrogen and oxygen atoms in total. The number of nitrogens with zero attached hydrogens (tertiary/aromatic N) is 1. The molecule has 0 fully saturated rings. The van der Waals surface area contributed by atoms with Crippen molar-refractivity contribution in [3.8, 4) is 0 Å². The highest BCUT2D eigenvalue weighted by Gasteiger charge is 2.08. The van der Waals surface area contributed by atoms with Gasteiger partial charge in [-0.25, -0.2) is 0 Å². The lowest BCUT2D eigenvalue weighted by molar-refractivity contribution is -0.159. The van der Waals surface area contributed by atoms with Crippen molar-refractivity contribution >= 4 is 17.9 Å². The second-order valence-corrected chi connectivity index (χ2v) is 10.3. The van der Waals surface area contributed by atoms with Crippen LogP contribution in [0.25, 0.3) is 0 Å². The standard InChI is InChI=1S/C15H29NO3.C15H31NO2/c1-3-4-5-6-7-8-9-10-11-12-14(17)19-15(18)13-16-2;1-3-4-5-6-7-8-9-10-11-12-13-16(2)14-15(17)18/h16H,3-13H2,1-2H3;3-14H2,1-2H3,(H,17,18). The average molecular weight is 529 g/mol. The van der Waals surface area contributed by atoms with Crippen molar-refractivity contribution in [3.05, 3.63) is 0 Å². The van der Waals surface area contributed by atoms with Gasteiger partial charge in [0.05, 0.1) is 13.1 Å². The summed E-state index contributed by atoms with van der Waals surface area (Å²) < 4.78 is 4.62. The number of rotatable bonds is 25. The first-order valence-electron chi connectivity index (χ1n) is 15.2. The fourth-order valence-electron chi connectivity index (χ4n) is 4.12. The van der Waals surface area contributed by atoms with Crippen molar-refractivity contribution in [1.29, 1.82) is 0 Å². The molecular formula is C30H60N2O5. The fourth-order valence-corrected chi connectivity index (χ4v) is 4.12. The number of nitrogens with one attached hydrogen (secondary N) is 1. The van der Waals surface area contributed by atoms with Gasteiger partial charge < -0.3 is 15.2 Å². The van der Waals surface area contributed by atoms with Crippen LogP contribution in [0.3, 0.4) is 0 Å². The summed E-state index contributed by atoms with van der Waals surface area (Å²) in [5, 5.41) is 11.3. The maximum atomic E-state index is 11.3. The SMILES string of the molecule is CCCCCCCCCCCC(=O)OC(=O)CNC.CCCCCCCCCCCCN(C)CC(=O)O. The molecule has 0 saturated carbocycles. The number of hydrogen-bond acceptors (Lipinski definition) is 6. The smallest absolute Gasteiger partial charge is 0.327 e. The molecule has 7 heteroatoms. The van der Waals surface area contributed by atoms with Crippen molar-refractivity contribution in [3.63, 3.8) is 0 Å². The third kappa shape index (κ3) is 34.5.